The number of benzene rings is 1. The Labute approximate surface area is 150 Å². The molecule has 5 heteroatoms. The van der Waals surface area contributed by atoms with Crippen LogP contribution >= 0.6 is 0 Å². The molecule has 1 aliphatic rings. The van der Waals surface area contributed by atoms with Crippen LogP contribution in [0.15, 0.2) is 18.2 Å². The van der Waals surface area contributed by atoms with Gasteiger partial charge in [-0.05, 0) is 31.9 Å². The molecular weight excluding hydrogens is 316 g/mol. The van der Waals surface area contributed by atoms with Gasteiger partial charge in [0.25, 0.3) is 0 Å². The molecule has 1 heterocycles. The number of anilines is 2. The summed E-state index contributed by atoms with van der Waals surface area (Å²) in [4.78, 5) is 27.0. The Kier molecular flexibility index (Phi) is 5.17. The average Bonchev–Trinajstić information content (AvgIpc) is 2.57. The van der Waals surface area contributed by atoms with Gasteiger partial charge in [-0.15, -0.1) is 0 Å². The molecule has 138 valence electrons. The number of nitrogens with zero attached hydrogens (tertiary/aromatic N) is 1. The van der Waals surface area contributed by atoms with Crippen LogP contribution in [0, 0.1) is 16.7 Å². The van der Waals surface area contributed by atoms with Crippen LogP contribution in [0.4, 0.5) is 11.4 Å². The van der Waals surface area contributed by atoms with Gasteiger partial charge in [-0.2, -0.15) is 0 Å². The van der Waals surface area contributed by atoms with Crippen molar-refractivity contribution >= 4 is 23.2 Å². The van der Waals surface area contributed by atoms with Crippen molar-refractivity contribution in [2.75, 3.05) is 23.4 Å². The molecule has 25 heavy (non-hydrogen) atoms. The number of carbonyl (C=O) groups excluding carboxylic acids is 2. The van der Waals surface area contributed by atoms with Crippen LogP contribution in [-0.2, 0) is 9.59 Å². The second kappa shape index (κ2) is 6.70. The molecular formula is C20H30N2O3. The van der Waals surface area contributed by atoms with E-state index in [2.05, 4.69) is 19.2 Å². The zero-order valence-electron chi connectivity index (χ0n) is 16.4. The van der Waals surface area contributed by atoms with Crippen molar-refractivity contribution in [2.45, 2.75) is 48.5 Å². The van der Waals surface area contributed by atoms with Crippen LogP contribution in [0.5, 0.6) is 5.75 Å². The van der Waals surface area contributed by atoms with Gasteiger partial charge in [0.1, 0.15) is 12.4 Å². The molecule has 0 fully saturated rings. The molecule has 0 saturated carbocycles. The Morgan fingerprint density at radius 2 is 1.96 bits per heavy atom. The molecule has 0 saturated heterocycles. The quantitative estimate of drug-likeness (QED) is 0.897. The molecule has 2 rings (SSSR count). The Hall–Kier alpha value is -2.04. The highest BCUT2D eigenvalue weighted by molar-refractivity contribution is 6.00. The summed E-state index contributed by atoms with van der Waals surface area (Å²) in [5, 5.41) is 2.92. The number of hydrogen-bond acceptors (Lipinski definition) is 3. The molecule has 0 bridgehead atoms. The fourth-order valence-corrected chi connectivity index (χ4v) is 2.59. The summed E-state index contributed by atoms with van der Waals surface area (Å²) in [6, 6.07) is 5.49. The lowest BCUT2D eigenvalue weighted by atomic mass is 9.92. The van der Waals surface area contributed by atoms with Gasteiger partial charge in [0.15, 0.2) is 0 Å². The lowest BCUT2D eigenvalue weighted by Crippen LogP contribution is -2.43. The van der Waals surface area contributed by atoms with Gasteiger partial charge >= 0.3 is 0 Å². The van der Waals surface area contributed by atoms with Crippen LogP contribution in [0.25, 0.3) is 0 Å². The van der Waals surface area contributed by atoms with Crippen molar-refractivity contribution in [1.29, 1.82) is 0 Å². The largest absolute Gasteiger partial charge is 0.490 e. The van der Waals surface area contributed by atoms with Gasteiger partial charge < -0.3 is 15.0 Å². The first-order valence-electron chi connectivity index (χ1n) is 8.82. The van der Waals surface area contributed by atoms with Crippen molar-refractivity contribution in [3.8, 4) is 5.75 Å². The minimum Gasteiger partial charge on any atom is -0.490 e. The summed E-state index contributed by atoms with van der Waals surface area (Å²) < 4.78 is 5.94. The van der Waals surface area contributed by atoms with Crippen LogP contribution in [0.3, 0.4) is 0 Å². The van der Waals surface area contributed by atoms with Crippen LogP contribution in [0.2, 0.25) is 0 Å². The fraction of sp³-hybridized carbons (Fsp3) is 0.600. The first-order chi connectivity index (χ1) is 11.4. The number of hydrogen-bond donors (Lipinski definition) is 1. The molecule has 0 radical (unpaired) electrons. The van der Waals surface area contributed by atoms with Gasteiger partial charge in [-0.3, -0.25) is 9.59 Å². The van der Waals surface area contributed by atoms with E-state index < -0.39 is 10.8 Å². The lowest BCUT2D eigenvalue weighted by molar-refractivity contribution is -0.127. The van der Waals surface area contributed by atoms with E-state index in [9.17, 15) is 9.59 Å². The Balaban J connectivity index is 2.39. The zero-order valence-corrected chi connectivity index (χ0v) is 16.4. The van der Waals surface area contributed by atoms with Gasteiger partial charge in [0.05, 0.1) is 11.1 Å². The Bertz CT molecular complexity index is 672. The van der Waals surface area contributed by atoms with E-state index in [1.165, 1.54) is 0 Å². The number of rotatable bonds is 3. The number of carbonyl (C=O) groups is 2. The maximum Gasteiger partial charge on any atom is 0.236 e. The van der Waals surface area contributed by atoms with Gasteiger partial charge in [0.2, 0.25) is 11.8 Å². The average molecular weight is 346 g/mol. The van der Waals surface area contributed by atoms with Gasteiger partial charge in [-0.1, -0.05) is 34.6 Å². The zero-order chi connectivity index (χ0) is 19.0. The molecule has 0 aromatic heterocycles. The van der Waals surface area contributed by atoms with E-state index in [1.807, 2.05) is 51.7 Å². The predicted octanol–water partition coefficient (Wildman–Crippen LogP) is 4.08. The van der Waals surface area contributed by atoms with Crippen LogP contribution < -0.4 is 15.0 Å². The maximum absolute atomic E-state index is 12.9. The number of fused-ring (bicyclic) bond motifs is 1. The van der Waals surface area contributed by atoms with Crippen LogP contribution in [0.1, 0.15) is 48.5 Å². The third-order valence-corrected chi connectivity index (χ3v) is 4.15. The van der Waals surface area contributed by atoms with E-state index >= 15 is 0 Å². The summed E-state index contributed by atoms with van der Waals surface area (Å²) in [7, 11) is 0. The summed E-state index contributed by atoms with van der Waals surface area (Å²) in [5.41, 5.74) is 0.367. The first kappa shape index (κ1) is 19.3. The van der Waals surface area contributed by atoms with Crippen LogP contribution in [-0.4, -0.2) is 25.0 Å². The third-order valence-electron chi connectivity index (χ3n) is 4.15. The summed E-state index contributed by atoms with van der Waals surface area (Å²) in [6.07, 6.45) is 0. The van der Waals surface area contributed by atoms with E-state index in [0.29, 0.717) is 30.5 Å². The molecule has 0 atom stereocenters. The smallest absolute Gasteiger partial charge is 0.236 e. The number of ether oxygens (including phenoxy) is 1. The molecule has 1 aromatic rings. The van der Waals surface area contributed by atoms with E-state index in [4.69, 9.17) is 4.74 Å². The van der Waals surface area contributed by atoms with Crippen molar-refractivity contribution < 1.29 is 14.3 Å². The maximum atomic E-state index is 12.9. The number of nitrogens with one attached hydrogen (secondary N) is 1. The SMILES string of the molecule is CC(C)CN1C(=O)C(C)(C)COc2cc(NC(=O)C(C)(C)C)ccc21. The highest BCUT2D eigenvalue weighted by atomic mass is 16.5. The van der Waals surface area contributed by atoms with E-state index in [-0.39, 0.29) is 11.8 Å². The molecule has 1 N–H and O–H groups in total. The highest BCUT2D eigenvalue weighted by Gasteiger charge is 2.38. The standard InChI is InChI=1S/C20H30N2O3/c1-13(2)11-22-15-9-8-14(21-17(23)19(3,4)5)10-16(15)25-12-20(6,7)18(22)24/h8-10,13H,11-12H2,1-7H3,(H,21,23). The lowest BCUT2D eigenvalue weighted by Gasteiger charge is -2.29. The topological polar surface area (TPSA) is 58.6 Å². The summed E-state index contributed by atoms with van der Waals surface area (Å²) in [5.74, 6) is 0.972. The predicted molar refractivity (Wildman–Crippen MR) is 101 cm³/mol. The second-order valence-corrected chi connectivity index (χ2v) is 8.87. The highest BCUT2D eigenvalue weighted by Crippen LogP contribution is 2.38. The molecule has 1 aliphatic heterocycles. The molecule has 0 unspecified atom stereocenters. The minimum atomic E-state index is -0.595. The van der Waals surface area contributed by atoms with Crippen molar-refractivity contribution in [3.63, 3.8) is 0 Å². The fourth-order valence-electron chi connectivity index (χ4n) is 2.59. The van der Waals surface area contributed by atoms with Crippen molar-refractivity contribution in [3.05, 3.63) is 18.2 Å². The molecule has 2 amide bonds. The monoisotopic (exact) mass is 346 g/mol. The minimum absolute atomic E-state index is 0.0588. The number of amides is 2. The Morgan fingerprint density at radius 3 is 2.52 bits per heavy atom. The van der Waals surface area contributed by atoms with E-state index in [0.717, 1.165) is 5.69 Å². The van der Waals surface area contributed by atoms with Crippen molar-refractivity contribution in [1.82, 2.24) is 0 Å². The first-order valence-corrected chi connectivity index (χ1v) is 8.82. The van der Waals surface area contributed by atoms with E-state index in [1.54, 1.807) is 6.07 Å². The summed E-state index contributed by atoms with van der Waals surface area (Å²) in [6.45, 7) is 14.5. The summed E-state index contributed by atoms with van der Waals surface area (Å²) >= 11 is 0. The second-order valence-electron chi connectivity index (χ2n) is 8.87. The Morgan fingerprint density at radius 1 is 1.32 bits per heavy atom. The molecule has 5 nitrogen and oxygen atoms in total. The molecule has 0 aliphatic carbocycles. The van der Waals surface area contributed by atoms with Gasteiger partial charge in [0, 0.05) is 23.7 Å². The normalized spacial score (nSPS) is 17.0. The van der Waals surface area contributed by atoms with Gasteiger partial charge in [-0.25, -0.2) is 0 Å². The molecule has 0 spiro atoms. The van der Waals surface area contributed by atoms with Crippen molar-refractivity contribution in [2.24, 2.45) is 16.7 Å². The molecule has 1 aromatic carbocycles. The third kappa shape index (κ3) is 4.33.